The second-order valence-corrected chi connectivity index (χ2v) is 15.6. The molecule has 10 aromatic rings. The molecular formula is C49H33NOS. The number of fused-ring (bicyclic) bond motifs is 11. The monoisotopic (exact) mass is 683 g/mol. The number of hydrogen-bond acceptors (Lipinski definition) is 3. The molecule has 3 heteroatoms. The number of benzene rings is 8. The molecule has 1 aliphatic rings. The van der Waals surface area contributed by atoms with Gasteiger partial charge in [-0.3, -0.25) is 0 Å². The molecule has 0 unspecified atom stereocenters. The SMILES string of the molecule is CC1(C)c2ccccc2-c2ccc(N(c3ccc(-c4cccc5c4oc4c6ccccc6ccc54)cc3)c3ccc4c(c3)sc3ccccc34)cc21. The van der Waals surface area contributed by atoms with Crippen molar-refractivity contribution in [2.75, 3.05) is 4.90 Å². The molecule has 0 atom stereocenters. The molecule has 1 aliphatic carbocycles. The topological polar surface area (TPSA) is 16.4 Å². The molecule has 0 saturated carbocycles. The molecule has 0 fully saturated rings. The average molecular weight is 684 g/mol. The van der Waals surface area contributed by atoms with Crippen LogP contribution in [-0.4, -0.2) is 0 Å². The standard InChI is InChI=1S/C49H33NOS/c1-49(2)43-16-7-5-12-37(43)38-26-23-33(28-44(38)49)50(34-24-27-40-39-13-6-8-17-45(39)52-46(40)29-34)32-21-18-31(19-22-32)36-14-9-15-41-42-25-20-30-10-3-4-11-35(30)48(42)51-47(36)41/h3-29H,1-2H3. The molecule has 0 radical (unpaired) electrons. The van der Waals surface area contributed by atoms with E-state index in [9.17, 15) is 0 Å². The number of nitrogens with zero attached hydrogens (tertiary/aromatic N) is 1. The molecule has 11 rings (SSSR count). The van der Waals surface area contributed by atoms with Crippen LogP contribution in [0.3, 0.4) is 0 Å². The van der Waals surface area contributed by atoms with Gasteiger partial charge in [-0.15, -0.1) is 11.3 Å². The van der Waals surface area contributed by atoms with Crippen LogP contribution in [0.2, 0.25) is 0 Å². The first-order valence-electron chi connectivity index (χ1n) is 17.9. The van der Waals surface area contributed by atoms with Gasteiger partial charge in [-0.25, -0.2) is 0 Å². The van der Waals surface area contributed by atoms with Crippen molar-refractivity contribution in [3.63, 3.8) is 0 Å². The highest BCUT2D eigenvalue weighted by molar-refractivity contribution is 7.25. The minimum Gasteiger partial charge on any atom is -0.455 e. The Kier molecular flexibility index (Phi) is 6.21. The fraction of sp³-hybridized carbons (Fsp3) is 0.0612. The summed E-state index contributed by atoms with van der Waals surface area (Å²) in [5.41, 5.74) is 12.8. The minimum absolute atomic E-state index is 0.0938. The zero-order chi connectivity index (χ0) is 34.6. The Hall–Kier alpha value is -6.16. The maximum Gasteiger partial charge on any atom is 0.143 e. The summed E-state index contributed by atoms with van der Waals surface area (Å²) in [5, 5.41) is 7.24. The Morgan fingerprint density at radius 3 is 1.98 bits per heavy atom. The van der Waals surface area contributed by atoms with E-state index >= 15 is 0 Å². The minimum atomic E-state index is -0.0938. The van der Waals surface area contributed by atoms with Crippen LogP contribution in [-0.2, 0) is 5.41 Å². The van der Waals surface area contributed by atoms with E-state index in [0.29, 0.717) is 0 Å². The number of para-hydroxylation sites is 1. The largest absolute Gasteiger partial charge is 0.455 e. The Labute approximate surface area is 305 Å². The van der Waals surface area contributed by atoms with Gasteiger partial charge in [0, 0.05) is 64.4 Å². The molecule has 2 nitrogen and oxygen atoms in total. The van der Waals surface area contributed by atoms with Crippen LogP contribution in [0.4, 0.5) is 17.1 Å². The lowest BCUT2D eigenvalue weighted by Crippen LogP contribution is -2.16. The zero-order valence-corrected chi connectivity index (χ0v) is 29.7. The second-order valence-electron chi connectivity index (χ2n) is 14.5. The van der Waals surface area contributed by atoms with Crippen molar-refractivity contribution < 1.29 is 4.42 Å². The summed E-state index contributed by atoms with van der Waals surface area (Å²) in [6.45, 7) is 4.70. The smallest absolute Gasteiger partial charge is 0.143 e. The molecule has 2 heterocycles. The average Bonchev–Trinajstić information content (AvgIpc) is 3.83. The first kappa shape index (κ1) is 29.6. The summed E-state index contributed by atoms with van der Waals surface area (Å²) >= 11 is 1.86. The summed E-state index contributed by atoms with van der Waals surface area (Å²) in [6.07, 6.45) is 0. The van der Waals surface area contributed by atoms with Gasteiger partial charge in [0.15, 0.2) is 0 Å². The van der Waals surface area contributed by atoms with Crippen LogP contribution in [0.15, 0.2) is 168 Å². The third-order valence-corrected chi connectivity index (χ3v) is 12.4. The van der Waals surface area contributed by atoms with Gasteiger partial charge in [0.05, 0.1) is 0 Å². The first-order chi connectivity index (χ1) is 25.5. The molecule has 0 bridgehead atoms. The van der Waals surface area contributed by atoms with Gasteiger partial charge in [0.1, 0.15) is 11.2 Å². The highest BCUT2D eigenvalue weighted by atomic mass is 32.1. The Morgan fingerprint density at radius 1 is 0.442 bits per heavy atom. The van der Waals surface area contributed by atoms with Crippen LogP contribution in [0, 0.1) is 0 Å². The molecular weight excluding hydrogens is 651 g/mol. The number of anilines is 3. The predicted molar refractivity (Wildman–Crippen MR) is 222 cm³/mol. The van der Waals surface area contributed by atoms with Crippen LogP contribution in [0.5, 0.6) is 0 Å². The fourth-order valence-corrected chi connectivity index (χ4v) is 9.81. The summed E-state index contributed by atoms with van der Waals surface area (Å²) in [6, 6.07) is 59.9. The lowest BCUT2D eigenvalue weighted by molar-refractivity contribution is 0.660. The molecule has 2 aromatic heterocycles. The van der Waals surface area contributed by atoms with E-state index in [1.165, 1.54) is 47.8 Å². The molecule has 8 aromatic carbocycles. The van der Waals surface area contributed by atoms with E-state index in [1.807, 2.05) is 11.3 Å². The van der Waals surface area contributed by atoms with Crippen LogP contribution in [0.25, 0.3) is 75.1 Å². The Bertz CT molecular complexity index is 3050. The van der Waals surface area contributed by atoms with E-state index in [0.717, 1.165) is 55.5 Å². The Balaban J connectivity index is 1.07. The van der Waals surface area contributed by atoms with Crippen molar-refractivity contribution in [3.05, 3.63) is 175 Å². The first-order valence-corrected chi connectivity index (χ1v) is 18.7. The van der Waals surface area contributed by atoms with Gasteiger partial charge in [-0.1, -0.05) is 129 Å². The van der Waals surface area contributed by atoms with Crippen molar-refractivity contribution in [1.82, 2.24) is 0 Å². The van der Waals surface area contributed by atoms with Crippen molar-refractivity contribution in [1.29, 1.82) is 0 Å². The molecule has 0 N–H and O–H groups in total. The van der Waals surface area contributed by atoms with Crippen molar-refractivity contribution in [3.8, 4) is 22.3 Å². The normalized spacial score (nSPS) is 13.3. The molecule has 0 saturated heterocycles. The van der Waals surface area contributed by atoms with Gasteiger partial charge >= 0.3 is 0 Å². The number of hydrogen-bond donors (Lipinski definition) is 0. The lowest BCUT2D eigenvalue weighted by Gasteiger charge is -2.28. The third kappa shape index (κ3) is 4.23. The van der Waals surface area contributed by atoms with Crippen LogP contribution < -0.4 is 4.90 Å². The van der Waals surface area contributed by atoms with Gasteiger partial charge in [-0.05, 0) is 81.7 Å². The van der Waals surface area contributed by atoms with Gasteiger partial charge in [0.2, 0.25) is 0 Å². The summed E-state index contributed by atoms with van der Waals surface area (Å²) in [7, 11) is 0. The summed E-state index contributed by atoms with van der Waals surface area (Å²) in [5.74, 6) is 0. The van der Waals surface area contributed by atoms with Crippen molar-refractivity contribution in [2.24, 2.45) is 0 Å². The van der Waals surface area contributed by atoms with E-state index in [1.54, 1.807) is 0 Å². The van der Waals surface area contributed by atoms with Crippen LogP contribution >= 0.6 is 11.3 Å². The second kappa shape index (κ2) is 10.9. The van der Waals surface area contributed by atoms with Crippen molar-refractivity contribution >= 4 is 81.3 Å². The number of rotatable bonds is 4. The van der Waals surface area contributed by atoms with Gasteiger partial charge < -0.3 is 9.32 Å². The summed E-state index contributed by atoms with van der Waals surface area (Å²) in [4.78, 5) is 2.42. The van der Waals surface area contributed by atoms with Gasteiger partial charge in [0.25, 0.3) is 0 Å². The maximum atomic E-state index is 6.71. The highest BCUT2D eigenvalue weighted by Crippen LogP contribution is 2.51. The third-order valence-electron chi connectivity index (χ3n) is 11.3. The van der Waals surface area contributed by atoms with E-state index < -0.39 is 0 Å². The quantitative estimate of drug-likeness (QED) is 0.184. The Morgan fingerprint density at radius 2 is 1.08 bits per heavy atom. The van der Waals surface area contributed by atoms with Crippen molar-refractivity contribution in [2.45, 2.75) is 19.3 Å². The molecule has 52 heavy (non-hydrogen) atoms. The fourth-order valence-electron chi connectivity index (χ4n) is 8.68. The highest BCUT2D eigenvalue weighted by Gasteiger charge is 2.35. The van der Waals surface area contributed by atoms with E-state index in [4.69, 9.17) is 4.42 Å². The number of thiophene rings is 1. The lowest BCUT2D eigenvalue weighted by atomic mass is 9.82. The predicted octanol–water partition coefficient (Wildman–Crippen LogP) is 14.6. The molecule has 0 spiro atoms. The van der Waals surface area contributed by atoms with Gasteiger partial charge in [-0.2, -0.15) is 0 Å². The molecule has 0 aliphatic heterocycles. The zero-order valence-electron chi connectivity index (χ0n) is 28.9. The number of furan rings is 1. The van der Waals surface area contributed by atoms with E-state index in [2.05, 4.69) is 183 Å². The van der Waals surface area contributed by atoms with E-state index in [-0.39, 0.29) is 5.41 Å². The van der Waals surface area contributed by atoms with Crippen LogP contribution in [0.1, 0.15) is 25.0 Å². The summed E-state index contributed by atoms with van der Waals surface area (Å²) < 4.78 is 9.32. The maximum absolute atomic E-state index is 6.71. The molecule has 246 valence electrons. The molecule has 0 amide bonds.